The summed E-state index contributed by atoms with van der Waals surface area (Å²) in [5, 5.41) is 33.9. The molecule has 0 radical (unpaired) electrons. The average molecular weight is 385 g/mol. The Morgan fingerprint density at radius 3 is 2.61 bits per heavy atom. The lowest BCUT2D eigenvalue weighted by molar-refractivity contribution is -0.387. The maximum atomic E-state index is 14.5. The molecule has 1 aromatic carbocycles. The van der Waals surface area contributed by atoms with E-state index in [4.69, 9.17) is 16.7 Å². The summed E-state index contributed by atoms with van der Waals surface area (Å²) in [6, 6.07) is 1.40. The number of fused-ring (bicyclic) bond motifs is 1. The highest BCUT2D eigenvalue weighted by Crippen LogP contribution is 2.42. The second kappa shape index (κ2) is 6.65. The highest BCUT2D eigenvalue weighted by Gasteiger charge is 2.33. The largest absolute Gasteiger partial charge is 0.397 e. The van der Waals surface area contributed by atoms with E-state index in [1.165, 1.54) is 0 Å². The molecule has 0 aliphatic carbocycles. The highest BCUT2D eigenvalue weighted by molar-refractivity contribution is 5.98. The van der Waals surface area contributed by atoms with Gasteiger partial charge in [0.25, 0.3) is 0 Å². The van der Waals surface area contributed by atoms with Crippen molar-refractivity contribution in [3.8, 4) is 12.3 Å². The Bertz CT molecular complexity index is 1130. The van der Waals surface area contributed by atoms with Gasteiger partial charge in [0, 0.05) is 23.3 Å². The van der Waals surface area contributed by atoms with Gasteiger partial charge < -0.3 is 16.8 Å². The van der Waals surface area contributed by atoms with E-state index in [1.54, 1.807) is 12.3 Å². The first-order valence-electron chi connectivity index (χ1n) is 7.40. The van der Waals surface area contributed by atoms with Crippen LogP contribution < -0.4 is 22.1 Å². The quantitative estimate of drug-likeness (QED) is 0.255. The first-order chi connectivity index (χ1) is 13.3. The number of guanidine groups is 1. The number of anilines is 3. The minimum Gasteiger partial charge on any atom is -0.397 e. The Labute approximate surface area is 155 Å². The number of hydrogen-bond acceptors (Lipinski definition) is 10. The van der Waals surface area contributed by atoms with Gasteiger partial charge in [0.15, 0.2) is 6.19 Å². The number of aromatic nitrogens is 1. The molecule has 13 heteroatoms. The summed E-state index contributed by atoms with van der Waals surface area (Å²) < 4.78 is 28.2. The van der Waals surface area contributed by atoms with Crippen LogP contribution in [0.4, 0.5) is 31.8 Å². The molecule has 0 saturated carbocycles. The van der Waals surface area contributed by atoms with Crippen molar-refractivity contribution in [2.75, 3.05) is 16.8 Å². The number of rotatable bonds is 2. The van der Waals surface area contributed by atoms with Gasteiger partial charge in [-0.2, -0.15) is 14.9 Å². The van der Waals surface area contributed by atoms with Crippen molar-refractivity contribution in [2.24, 2.45) is 4.99 Å². The highest BCUT2D eigenvalue weighted by atomic mass is 19.1. The third kappa shape index (κ3) is 2.82. The van der Waals surface area contributed by atoms with E-state index in [0.29, 0.717) is 12.1 Å². The molecule has 2 aromatic rings. The summed E-state index contributed by atoms with van der Waals surface area (Å²) in [5.74, 6) is -2.97. The topological polar surface area (TPSA) is 192 Å². The summed E-state index contributed by atoms with van der Waals surface area (Å²) in [6.07, 6.45) is 1.60. The number of aliphatic imine (C=N–C) groups is 1. The zero-order valence-corrected chi connectivity index (χ0v) is 13.7. The van der Waals surface area contributed by atoms with Crippen LogP contribution in [0.15, 0.2) is 17.1 Å². The smallest absolute Gasteiger partial charge is 0.305 e. The molecule has 0 bridgehead atoms. The summed E-state index contributed by atoms with van der Waals surface area (Å²) >= 11 is 0. The Morgan fingerprint density at radius 2 is 2.00 bits per heavy atom. The number of nitro groups is 1. The number of nitrogens with zero attached hydrogens (tertiary/aromatic N) is 5. The number of nitrogens with two attached hydrogens (primary N) is 2. The third-order valence-electron chi connectivity index (χ3n) is 3.91. The SMILES string of the molecule is N#CNC1=NC(c2cc([N+](=O)[O-])c(F)cc2F)c2c(nc(N)c(C#N)c2N)N1. The van der Waals surface area contributed by atoms with Crippen LogP contribution in [0.1, 0.15) is 22.7 Å². The van der Waals surface area contributed by atoms with Crippen LogP contribution in [-0.4, -0.2) is 15.9 Å². The van der Waals surface area contributed by atoms with E-state index in [0.717, 1.165) is 0 Å². The van der Waals surface area contributed by atoms with E-state index in [2.05, 4.69) is 20.6 Å². The molecule has 140 valence electrons. The van der Waals surface area contributed by atoms with Gasteiger partial charge in [0.05, 0.1) is 10.6 Å². The molecule has 6 N–H and O–H groups in total. The minimum absolute atomic E-state index is 0.00551. The molecule has 0 amide bonds. The lowest BCUT2D eigenvalue weighted by Crippen LogP contribution is -2.33. The molecule has 2 heterocycles. The predicted octanol–water partition coefficient (Wildman–Crippen LogP) is 1.25. The molecule has 3 rings (SSSR count). The summed E-state index contributed by atoms with van der Waals surface area (Å²) in [6.45, 7) is 0. The van der Waals surface area contributed by atoms with Crippen LogP contribution in [0, 0.1) is 44.5 Å². The average Bonchev–Trinajstić information content (AvgIpc) is 2.61. The number of hydrogen-bond donors (Lipinski definition) is 4. The second-order valence-corrected chi connectivity index (χ2v) is 5.48. The number of nitrogens with one attached hydrogen (secondary N) is 2. The van der Waals surface area contributed by atoms with Crippen LogP contribution in [0.5, 0.6) is 0 Å². The molecule has 1 unspecified atom stereocenters. The van der Waals surface area contributed by atoms with E-state index in [-0.39, 0.29) is 34.4 Å². The van der Waals surface area contributed by atoms with Gasteiger partial charge in [-0.15, -0.1) is 0 Å². The van der Waals surface area contributed by atoms with Gasteiger partial charge >= 0.3 is 5.69 Å². The first-order valence-corrected chi connectivity index (χ1v) is 7.40. The van der Waals surface area contributed by atoms with Crippen molar-refractivity contribution in [3.05, 3.63) is 50.6 Å². The fraction of sp³-hybridized carbons (Fsp3) is 0.0667. The van der Waals surface area contributed by atoms with Gasteiger partial charge in [0.1, 0.15) is 35.1 Å². The fourth-order valence-corrected chi connectivity index (χ4v) is 2.71. The van der Waals surface area contributed by atoms with Gasteiger partial charge in [0.2, 0.25) is 11.8 Å². The van der Waals surface area contributed by atoms with Crippen molar-refractivity contribution in [3.63, 3.8) is 0 Å². The van der Waals surface area contributed by atoms with Gasteiger partial charge in [-0.1, -0.05) is 0 Å². The molecule has 1 aliphatic heterocycles. The molecule has 1 aromatic heterocycles. The maximum absolute atomic E-state index is 14.5. The lowest BCUT2D eigenvalue weighted by Gasteiger charge is -2.26. The molecule has 1 aliphatic rings. The number of nitro benzene ring substituents is 1. The van der Waals surface area contributed by atoms with Crippen molar-refractivity contribution < 1.29 is 13.7 Å². The van der Waals surface area contributed by atoms with Gasteiger partial charge in [-0.25, -0.2) is 14.4 Å². The zero-order valence-electron chi connectivity index (χ0n) is 13.7. The molecule has 0 fully saturated rings. The molecular weight excluding hydrogens is 376 g/mol. The Hall–Kier alpha value is -4.52. The number of pyridine rings is 1. The third-order valence-corrected chi connectivity index (χ3v) is 3.91. The van der Waals surface area contributed by atoms with Crippen LogP contribution >= 0.6 is 0 Å². The molecular formula is C15H9F2N9O2. The Morgan fingerprint density at radius 1 is 1.29 bits per heavy atom. The predicted molar refractivity (Wildman–Crippen MR) is 92.4 cm³/mol. The van der Waals surface area contributed by atoms with Crippen LogP contribution in [0.3, 0.4) is 0 Å². The first kappa shape index (κ1) is 18.3. The summed E-state index contributed by atoms with van der Waals surface area (Å²) in [5.41, 5.74) is 9.87. The van der Waals surface area contributed by atoms with Crippen molar-refractivity contribution >= 4 is 29.0 Å². The molecule has 28 heavy (non-hydrogen) atoms. The Balaban J connectivity index is 2.33. The molecule has 0 saturated heterocycles. The number of nitriles is 2. The molecule has 0 spiro atoms. The Kier molecular flexibility index (Phi) is 4.34. The molecule has 11 nitrogen and oxygen atoms in total. The van der Waals surface area contributed by atoms with Crippen molar-refractivity contribution in [1.29, 1.82) is 10.5 Å². The molecule has 1 atom stereocenters. The number of halogens is 2. The number of nitrogen functional groups attached to an aromatic ring is 2. The number of benzene rings is 1. The van der Waals surface area contributed by atoms with Crippen molar-refractivity contribution in [2.45, 2.75) is 6.04 Å². The zero-order chi connectivity index (χ0) is 20.6. The van der Waals surface area contributed by atoms with E-state index >= 15 is 0 Å². The van der Waals surface area contributed by atoms with Crippen LogP contribution in [-0.2, 0) is 0 Å². The standard InChI is InChI=1S/C15H9F2N9O2/c16-7-2-8(17)9(26(27)28)1-5(7)12-10-11(20)6(3-18)13(21)24-14(10)25-15(23-12)22-4-19/h1-2,12H,(H6,20,21,22,23,24,25). The second-order valence-electron chi connectivity index (χ2n) is 5.48. The van der Waals surface area contributed by atoms with E-state index in [9.17, 15) is 24.2 Å². The minimum atomic E-state index is -1.37. The van der Waals surface area contributed by atoms with Crippen molar-refractivity contribution in [1.82, 2.24) is 10.3 Å². The van der Waals surface area contributed by atoms with E-state index < -0.39 is 33.9 Å². The van der Waals surface area contributed by atoms with Crippen LogP contribution in [0.25, 0.3) is 0 Å². The lowest BCUT2D eigenvalue weighted by atomic mass is 9.94. The normalized spacial score (nSPS) is 14.7. The monoisotopic (exact) mass is 385 g/mol. The fourth-order valence-electron chi connectivity index (χ4n) is 2.71. The maximum Gasteiger partial charge on any atom is 0.305 e. The van der Waals surface area contributed by atoms with E-state index in [1.807, 2.05) is 0 Å². The van der Waals surface area contributed by atoms with Gasteiger partial charge in [-0.3, -0.25) is 15.4 Å². The van der Waals surface area contributed by atoms with Gasteiger partial charge in [-0.05, 0) is 0 Å². The summed E-state index contributed by atoms with van der Waals surface area (Å²) in [4.78, 5) is 18.0. The summed E-state index contributed by atoms with van der Waals surface area (Å²) in [7, 11) is 0. The van der Waals surface area contributed by atoms with Crippen LogP contribution in [0.2, 0.25) is 0 Å².